The number of carbonyl (C=O) groups is 1. The van der Waals surface area contributed by atoms with Crippen LogP contribution in [-0.2, 0) is 21.2 Å². The molecule has 2 aromatic carbocycles. The van der Waals surface area contributed by atoms with E-state index in [0.717, 1.165) is 10.2 Å². The van der Waals surface area contributed by atoms with Crippen LogP contribution in [0.2, 0.25) is 5.02 Å². The third-order valence-corrected chi connectivity index (χ3v) is 6.74. The number of benzene rings is 2. The van der Waals surface area contributed by atoms with Gasteiger partial charge in [-0.15, -0.1) is 6.42 Å². The molecule has 0 saturated heterocycles. The van der Waals surface area contributed by atoms with E-state index >= 15 is 0 Å². The highest BCUT2D eigenvalue weighted by Crippen LogP contribution is 2.22. The summed E-state index contributed by atoms with van der Waals surface area (Å²) in [4.78, 5) is 16.7. The number of sulfone groups is 1. The van der Waals surface area contributed by atoms with Crippen LogP contribution >= 0.6 is 22.9 Å². The third-order valence-electron chi connectivity index (χ3n) is 3.85. The molecule has 9 heteroatoms. The molecule has 3 rings (SSSR count). The van der Waals surface area contributed by atoms with E-state index in [9.17, 15) is 13.2 Å². The highest BCUT2D eigenvalue weighted by Gasteiger charge is 2.19. The van der Waals surface area contributed by atoms with Crippen molar-refractivity contribution in [2.75, 3.05) is 12.9 Å². The zero-order valence-electron chi connectivity index (χ0n) is 14.8. The monoisotopic (exact) mass is 434 g/mol. The largest absolute Gasteiger partial charge is 0.497 e. The van der Waals surface area contributed by atoms with Gasteiger partial charge in [0.15, 0.2) is 14.6 Å². The number of halogens is 1. The number of rotatable bonds is 5. The summed E-state index contributed by atoms with van der Waals surface area (Å²) in [6, 6.07) is 11.1. The van der Waals surface area contributed by atoms with Gasteiger partial charge in [0.05, 0.1) is 28.8 Å². The molecule has 0 aliphatic rings. The summed E-state index contributed by atoms with van der Waals surface area (Å²) >= 11 is 7.23. The number of methoxy groups -OCH3 is 1. The quantitative estimate of drug-likeness (QED) is 0.578. The second-order valence-corrected chi connectivity index (χ2v) is 9.16. The van der Waals surface area contributed by atoms with E-state index in [4.69, 9.17) is 22.8 Å². The molecule has 0 bridgehead atoms. The Balaban J connectivity index is 1.95. The van der Waals surface area contributed by atoms with E-state index < -0.39 is 21.5 Å². The first-order valence-corrected chi connectivity index (χ1v) is 10.9. The van der Waals surface area contributed by atoms with Crippen molar-refractivity contribution in [2.45, 2.75) is 11.4 Å². The van der Waals surface area contributed by atoms with Crippen LogP contribution < -0.4 is 9.54 Å². The number of carbonyl (C=O) groups excluding carboxylic acids is 1. The molecule has 0 radical (unpaired) electrons. The van der Waals surface area contributed by atoms with E-state index in [0.29, 0.717) is 15.6 Å². The minimum absolute atomic E-state index is 0.0245. The van der Waals surface area contributed by atoms with Gasteiger partial charge in [0, 0.05) is 5.02 Å². The van der Waals surface area contributed by atoms with Crippen LogP contribution in [0.1, 0.15) is 0 Å². The first-order chi connectivity index (χ1) is 13.3. The minimum atomic E-state index is -3.83. The van der Waals surface area contributed by atoms with Gasteiger partial charge in [0.1, 0.15) is 11.5 Å². The predicted molar refractivity (Wildman–Crippen MR) is 109 cm³/mol. The van der Waals surface area contributed by atoms with Gasteiger partial charge in [-0.3, -0.25) is 4.79 Å². The lowest BCUT2D eigenvalue weighted by atomic mass is 10.3. The Bertz CT molecular complexity index is 1250. The highest BCUT2D eigenvalue weighted by molar-refractivity contribution is 7.92. The molecule has 0 unspecified atom stereocenters. The van der Waals surface area contributed by atoms with E-state index in [1.807, 2.05) is 0 Å². The van der Waals surface area contributed by atoms with Crippen molar-refractivity contribution in [1.29, 1.82) is 0 Å². The van der Waals surface area contributed by atoms with Crippen LogP contribution in [-0.4, -0.2) is 31.8 Å². The second-order valence-electron chi connectivity index (χ2n) is 5.73. The summed E-state index contributed by atoms with van der Waals surface area (Å²) in [5.74, 6) is 1.51. The van der Waals surface area contributed by atoms with Crippen LogP contribution in [0.5, 0.6) is 5.75 Å². The lowest BCUT2D eigenvalue weighted by Gasteiger charge is -2.04. The molecule has 28 heavy (non-hydrogen) atoms. The number of fused-ring (bicyclic) bond motifs is 1. The zero-order valence-corrected chi connectivity index (χ0v) is 17.1. The lowest BCUT2D eigenvalue weighted by Crippen LogP contribution is -2.20. The zero-order chi connectivity index (χ0) is 20.3. The van der Waals surface area contributed by atoms with Gasteiger partial charge < -0.3 is 9.30 Å². The van der Waals surface area contributed by atoms with E-state index in [-0.39, 0.29) is 11.4 Å². The Morgan fingerprint density at radius 3 is 2.64 bits per heavy atom. The smallest absolute Gasteiger partial charge is 0.263 e. The molecule has 144 valence electrons. The average molecular weight is 435 g/mol. The lowest BCUT2D eigenvalue weighted by molar-refractivity contribution is -0.115. The van der Waals surface area contributed by atoms with Gasteiger partial charge in [-0.25, -0.2) is 8.42 Å². The molecule has 0 spiro atoms. The molecule has 0 saturated carbocycles. The molecule has 1 amide bonds. The van der Waals surface area contributed by atoms with Crippen molar-refractivity contribution in [3.05, 3.63) is 52.3 Å². The summed E-state index contributed by atoms with van der Waals surface area (Å²) < 4.78 is 32.5. The van der Waals surface area contributed by atoms with Crippen LogP contribution in [0.4, 0.5) is 0 Å². The summed E-state index contributed by atoms with van der Waals surface area (Å²) in [6.45, 7) is 0.193. The van der Waals surface area contributed by atoms with Gasteiger partial charge in [0.2, 0.25) is 0 Å². The first-order valence-electron chi connectivity index (χ1n) is 8.01. The molecule has 0 aliphatic heterocycles. The predicted octanol–water partition coefficient (Wildman–Crippen LogP) is 2.90. The van der Waals surface area contributed by atoms with Crippen molar-refractivity contribution in [3.8, 4) is 18.1 Å². The fourth-order valence-electron chi connectivity index (χ4n) is 2.54. The molecule has 1 heterocycles. The van der Waals surface area contributed by atoms with Gasteiger partial charge in [-0.2, -0.15) is 4.99 Å². The number of hydrogen-bond acceptors (Lipinski definition) is 5. The van der Waals surface area contributed by atoms with Gasteiger partial charge in [-0.1, -0.05) is 28.9 Å². The first kappa shape index (κ1) is 20.1. The van der Waals surface area contributed by atoms with Crippen LogP contribution in [0, 0.1) is 12.3 Å². The molecular weight excluding hydrogens is 420 g/mol. The summed E-state index contributed by atoms with van der Waals surface area (Å²) in [6.07, 6.45) is 5.42. The average Bonchev–Trinajstić information content (AvgIpc) is 2.97. The maximum absolute atomic E-state index is 12.5. The van der Waals surface area contributed by atoms with E-state index in [1.54, 1.807) is 22.8 Å². The maximum atomic E-state index is 12.5. The molecule has 6 nitrogen and oxygen atoms in total. The molecule has 0 fully saturated rings. The minimum Gasteiger partial charge on any atom is -0.497 e. The number of terminal acetylenes is 1. The Morgan fingerprint density at radius 1 is 1.29 bits per heavy atom. The van der Waals surface area contributed by atoms with Crippen LogP contribution in [0.3, 0.4) is 0 Å². The number of ether oxygens (including phenoxy) is 1. The van der Waals surface area contributed by atoms with Crippen LogP contribution in [0.15, 0.2) is 52.4 Å². The van der Waals surface area contributed by atoms with Crippen molar-refractivity contribution in [2.24, 2.45) is 4.99 Å². The standard InChI is InChI=1S/C19H15ClN2O4S2/c1-3-10-22-16-9-4-13(20)11-17(16)27-19(22)21-18(23)12-28(24,25)15-7-5-14(26-2)6-8-15/h1,4-9,11H,10,12H2,2H3. The van der Waals surface area contributed by atoms with Gasteiger partial charge >= 0.3 is 0 Å². The molecule has 3 aromatic rings. The molecule has 0 N–H and O–H groups in total. The fourth-order valence-corrected chi connectivity index (χ4v) is 4.97. The number of nitrogens with zero attached hydrogens (tertiary/aromatic N) is 2. The van der Waals surface area contributed by atoms with Crippen LogP contribution in [0.25, 0.3) is 10.2 Å². The van der Waals surface area contributed by atoms with Crippen molar-refractivity contribution < 1.29 is 17.9 Å². The second kappa shape index (κ2) is 8.19. The third kappa shape index (κ3) is 4.28. The highest BCUT2D eigenvalue weighted by atomic mass is 35.5. The fraction of sp³-hybridized carbons (Fsp3) is 0.158. The number of amides is 1. The Labute approximate surface area is 171 Å². The number of thiazole rings is 1. The number of aromatic nitrogens is 1. The number of hydrogen-bond donors (Lipinski definition) is 0. The van der Waals surface area contributed by atoms with Crippen molar-refractivity contribution >= 4 is 48.9 Å². The molecule has 1 aromatic heterocycles. The Morgan fingerprint density at radius 2 is 2.00 bits per heavy atom. The molecule has 0 atom stereocenters. The van der Waals surface area contributed by atoms with Gasteiger partial charge in [0.25, 0.3) is 5.91 Å². The normalized spacial score (nSPS) is 12.1. The summed E-state index contributed by atoms with van der Waals surface area (Å²) in [7, 11) is -2.35. The SMILES string of the molecule is C#CCn1c(=NC(=O)CS(=O)(=O)c2ccc(OC)cc2)sc2cc(Cl)ccc21. The Kier molecular flexibility index (Phi) is 5.89. The van der Waals surface area contributed by atoms with Crippen molar-refractivity contribution in [1.82, 2.24) is 4.57 Å². The molecular formula is C19H15ClN2O4S2. The summed E-state index contributed by atoms with van der Waals surface area (Å²) in [5, 5.41) is 0.543. The van der Waals surface area contributed by atoms with E-state index in [2.05, 4.69) is 10.9 Å². The topological polar surface area (TPSA) is 77.7 Å². The van der Waals surface area contributed by atoms with E-state index in [1.165, 1.54) is 42.7 Å². The summed E-state index contributed by atoms with van der Waals surface area (Å²) in [5.41, 5.74) is 0.775. The van der Waals surface area contributed by atoms with Crippen molar-refractivity contribution in [3.63, 3.8) is 0 Å². The maximum Gasteiger partial charge on any atom is 0.263 e. The molecule has 0 aliphatic carbocycles. The Hall–Kier alpha value is -2.60. The van der Waals surface area contributed by atoms with Gasteiger partial charge in [-0.05, 0) is 42.5 Å².